The van der Waals surface area contributed by atoms with Crippen molar-refractivity contribution in [3.63, 3.8) is 0 Å². The van der Waals surface area contributed by atoms with Crippen LogP contribution >= 0.6 is 0 Å². The fourth-order valence-electron chi connectivity index (χ4n) is 1.27. The minimum Gasteiger partial charge on any atom is -0.502 e. The smallest absolute Gasteiger partial charge is 0.310 e. The van der Waals surface area contributed by atoms with Gasteiger partial charge < -0.3 is 5.11 Å². The molecule has 0 amide bonds. The standard InChI is InChI=1S/C9H7N3O3/c13-9-3-6(7-4-10-11-5-7)1-2-8(9)12(14)15/h1-5,13H,(H,10,11). The summed E-state index contributed by atoms with van der Waals surface area (Å²) >= 11 is 0. The second-order valence-electron chi connectivity index (χ2n) is 2.95. The van der Waals surface area contributed by atoms with E-state index in [2.05, 4.69) is 10.2 Å². The monoisotopic (exact) mass is 205 g/mol. The number of aromatic hydroxyl groups is 1. The molecule has 0 aliphatic carbocycles. The minimum atomic E-state index is -0.630. The molecule has 0 atom stereocenters. The van der Waals surface area contributed by atoms with Gasteiger partial charge in [-0.25, -0.2) is 0 Å². The Kier molecular flexibility index (Phi) is 2.09. The first kappa shape index (κ1) is 9.20. The van der Waals surface area contributed by atoms with E-state index in [-0.39, 0.29) is 11.4 Å². The van der Waals surface area contributed by atoms with E-state index in [4.69, 9.17) is 0 Å². The quantitative estimate of drug-likeness (QED) is 0.576. The van der Waals surface area contributed by atoms with Crippen molar-refractivity contribution >= 4 is 5.69 Å². The van der Waals surface area contributed by atoms with Gasteiger partial charge in [0.1, 0.15) is 0 Å². The molecule has 0 spiro atoms. The molecular weight excluding hydrogens is 198 g/mol. The molecule has 0 radical (unpaired) electrons. The minimum absolute atomic E-state index is 0.303. The zero-order valence-corrected chi connectivity index (χ0v) is 7.54. The molecule has 1 aromatic carbocycles. The molecule has 2 rings (SSSR count). The molecule has 0 saturated carbocycles. The van der Waals surface area contributed by atoms with Crippen molar-refractivity contribution in [3.05, 3.63) is 40.7 Å². The Bertz CT molecular complexity index is 493. The fraction of sp³-hybridized carbons (Fsp3) is 0. The van der Waals surface area contributed by atoms with E-state index < -0.39 is 4.92 Å². The van der Waals surface area contributed by atoms with Gasteiger partial charge in [-0.05, 0) is 17.7 Å². The number of rotatable bonds is 2. The molecule has 0 unspecified atom stereocenters. The van der Waals surface area contributed by atoms with E-state index in [0.717, 1.165) is 5.56 Å². The molecule has 1 heterocycles. The van der Waals surface area contributed by atoms with Crippen LogP contribution in [0.15, 0.2) is 30.6 Å². The number of nitrogens with zero attached hydrogens (tertiary/aromatic N) is 2. The number of nitrogens with one attached hydrogen (secondary N) is 1. The van der Waals surface area contributed by atoms with Crippen molar-refractivity contribution in [3.8, 4) is 16.9 Å². The predicted octanol–water partition coefficient (Wildman–Crippen LogP) is 1.69. The Morgan fingerprint density at radius 1 is 1.40 bits per heavy atom. The summed E-state index contributed by atoms with van der Waals surface area (Å²) in [6.07, 6.45) is 3.21. The second-order valence-corrected chi connectivity index (χ2v) is 2.95. The van der Waals surface area contributed by atoms with E-state index in [1.807, 2.05) is 0 Å². The second kappa shape index (κ2) is 3.41. The molecule has 0 saturated heterocycles. The van der Waals surface area contributed by atoms with Crippen LogP contribution in [-0.4, -0.2) is 20.2 Å². The largest absolute Gasteiger partial charge is 0.502 e. The first-order valence-electron chi connectivity index (χ1n) is 4.15. The van der Waals surface area contributed by atoms with Crippen LogP contribution in [-0.2, 0) is 0 Å². The first-order chi connectivity index (χ1) is 7.18. The Morgan fingerprint density at radius 3 is 2.73 bits per heavy atom. The maximum absolute atomic E-state index is 10.4. The molecule has 15 heavy (non-hydrogen) atoms. The van der Waals surface area contributed by atoms with Crippen LogP contribution in [0.25, 0.3) is 11.1 Å². The number of benzene rings is 1. The van der Waals surface area contributed by atoms with Crippen LogP contribution in [0.2, 0.25) is 0 Å². The molecule has 2 aromatic rings. The Labute approximate surface area is 84.3 Å². The van der Waals surface area contributed by atoms with Gasteiger partial charge in [0.2, 0.25) is 0 Å². The van der Waals surface area contributed by atoms with Gasteiger partial charge in [0.05, 0.1) is 11.1 Å². The number of aromatic nitrogens is 2. The van der Waals surface area contributed by atoms with E-state index in [1.165, 1.54) is 12.1 Å². The molecule has 0 aliphatic rings. The number of aromatic amines is 1. The lowest BCUT2D eigenvalue weighted by molar-refractivity contribution is -0.385. The van der Waals surface area contributed by atoms with Gasteiger partial charge in [-0.1, -0.05) is 0 Å². The van der Waals surface area contributed by atoms with E-state index in [0.29, 0.717) is 5.56 Å². The number of phenolic OH excluding ortho intramolecular Hbond substituents is 1. The Morgan fingerprint density at radius 2 is 2.20 bits per heavy atom. The van der Waals surface area contributed by atoms with Crippen LogP contribution in [0.4, 0.5) is 5.69 Å². The lowest BCUT2D eigenvalue weighted by Gasteiger charge is -1.99. The van der Waals surface area contributed by atoms with Crippen LogP contribution in [0.3, 0.4) is 0 Å². The summed E-state index contributed by atoms with van der Waals surface area (Å²) < 4.78 is 0. The highest BCUT2D eigenvalue weighted by molar-refractivity contribution is 5.66. The van der Waals surface area contributed by atoms with E-state index >= 15 is 0 Å². The van der Waals surface area contributed by atoms with Crippen molar-refractivity contribution < 1.29 is 10.0 Å². The lowest BCUT2D eigenvalue weighted by Crippen LogP contribution is -1.88. The Balaban J connectivity index is 2.47. The molecule has 0 bridgehead atoms. The maximum atomic E-state index is 10.4. The predicted molar refractivity (Wildman–Crippen MR) is 52.3 cm³/mol. The normalized spacial score (nSPS) is 10.1. The summed E-state index contributed by atoms with van der Waals surface area (Å²) in [6.45, 7) is 0. The summed E-state index contributed by atoms with van der Waals surface area (Å²) in [6, 6.07) is 4.16. The number of hydrogen-bond acceptors (Lipinski definition) is 4. The van der Waals surface area contributed by atoms with Crippen LogP contribution in [0, 0.1) is 10.1 Å². The van der Waals surface area contributed by atoms with Crippen LogP contribution < -0.4 is 0 Å². The van der Waals surface area contributed by atoms with Crippen LogP contribution in [0.5, 0.6) is 5.75 Å². The summed E-state index contributed by atoms with van der Waals surface area (Å²) in [5.74, 6) is -0.348. The zero-order chi connectivity index (χ0) is 10.8. The van der Waals surface area contributed by atoms with Gasteiger partial charge in [-0.2, -0.15) is 5.10 Å². The average molecular weight is 205 g/mol. The van der Waals surface area contributed by atoms with Crippen molar-refractivity contribution in [2.75, 3.05) is 0 Å². The third kappa shape index (κ3) is 1.64. The van der Waals surface area contributed by atoms with Gasteiger partial charge in [0, 0.05) is 17.8 Å². The summed E-state index contributed by atoms with van der Waals surface area (Å²) in [5.41, 5.74) is 1.13. The van der Waals surface area contributed by atoms with Crippen molar-refractivity contribution in [2.45, 2.75) is 0 Å². The molecule has 76 valence electrons. The summed E-state index contributed by atoms with van der Waals surface area (Å²) in [4.78, 5) is 9.82. The van der Waals surface area contributed by atoms with Crippen LogP contribution in [0.1, 0.15) is 0 Å². The van der Waals surface area contributed by atoms with E-state index in [1.54, 1.807) is 18.5 Å². The molecule has 6 heteroatoms. The third-order valence-corrected chi connectivity index (χ3v) is 2.00. The van der Waals surface area contributed by atoms with Crippen molar-refractivity contribution in [1.29, 1.82) is 0 Å². The van der Waals surface area contributed by atoms with E-state index in [9.17, 15) is 15.2 Å². The van der Waals surface area contributed by atoms with Gasteiger partial charge >= 0.3 is 5.69 Å². The number of nitro groups is 1. The average Bonchev–Trinajstić information content (AvgIpc) is 2.69. The molecular formula is C9H7N3O3. The fourth-order valence-corrected chi connectivity index (χ4v) is 1.27. The number of hydrogen-bond donors (Lipinski definition) is 2. The maximum Gasteiger partial charge on any atom is 0.310 e. The zero-order valence-electron chi connectivity index (χ0n) is 7.54. The summed E-state index contributed by atoms with van der Waals surface area (Å²) in [7, 11) is 0. The van der Waals surface area contributed by atoms with Gasteiger partial charge in [0.25, 0.3) is 0 Å². The van der Waals surface area contributed by atoms with Gasteiger partial charge in [0.15, 0.2) is 5.75 Å². The third-order valence-electron chi connectivity index (χ3n) is 2.00. The highest BCUT2D eigenvalue weighted by Gasteiger charge is 2.13. The molecule has 0 fully saturated rings. The lowest BCUT2D eigenvalue weighted by atomic mass is 10.1. The van der Waals surface area contributed by atoms with Gasteiger partial charge in [-0.15, -0.1) is 0 Å². The molecule has 6 nitrogen and oxygen atoms in total. The number of H-pyrrole nitrogens is 1. The molecule has 2 N–H and O–H groups in total. The molecule has 0 aliphatic heterocycles. The highest BCUT2D eigenvalue weighted by atomic mass is 16.6. The number of phenols is 1. The highest BCUT2D eigenvalue weighted by Crippen LogP contribution is 2.30. The Hall–Kier alpha value is -2.37. The van der Waals surface area contributed by atoms with Crippen molar-refractivity contribution in [1.82, 2.24) is 10.2 Å². The van der Waals surface area contributed by atoms with Gasteiger partial charge in [-0.3, -0.25) is 15.2 Å². The SMILES string of the molecule is O=[N+]([O-])c1ccc(-c2cn[nH]c2)cc1O. The topological polar surface area (TPSA) is 92.0 Å². The first-order valence-corrected chi connectivity index (χ1v) is 4.15. The number of nitro benzene ring substituents is 1. The molecule has 1 aromatic heterocycles. The summed E-state index contributed by atoms with van der Waals surface area (Å²) in [5, 5.41) is 26.2. The van der Waals surface area contributed by atoms with Crippen molar-refractivity contribution in [2.24, 2.45) is 0 Å².